The summed E-state index contributed by atoms with van der Waals surface area (Å²) < 4.78 is 0. The normalized spacial score (nSPS) is 13.2. The molecule has 4 heteroatoms. The minimum atomic E-state index is -0.440. The van der Waals surface area contributed by atoms with Crippen molar-refractivity contribution in [2.75, 3.05) is 0 Å². The Labute approximate surface area is 177 Å². The summed E-state index contributed by atoms with van der Waals surface area (Å²) in [6, 6.07) is 28.0. The van der Waals surface area contributed by atoms with Crippen LogP contribution in [-0.4, -0.2) is 22.8 Å². The minimum Gasteiger partial charge on any atom is -0.366 e. The van der Waals surface area contributed by atoms with E-state index in [-0.39, 0.29) is 11.8 Å². The van der Waals surface area contributed by atoms with Gasteiger partial charge in [0.1, 0.15) is 0 Å². The van der Waals surface area contributed by atoms with Crippen molar-refractivity contribution in [3.8, 4) is 0 Å². The zero-order chi connectivity index (χ0) is 20.9. The first-order valence-electron chi connectivity index (χ1n) is 10.4. The number of hydrogen-bond donors (Lipinski definition) is 1. The molecular weight excluding hydrogens is 372 g/mol. The van der Waals surface area contributed by atoms with Gasteiger partial charge >= 0.3 is 0 Å². The Morgan fingerprint density at radius 1 is 0.833 bits per heavy atom. The highest BCUT2D eigenvalue weighted by molar-refractivity contribution is 5.92. The number of nitrogens with two attached hydrogens (primary N) is 1. The van der Waals surface area contributed by atoms with Crippen LogP contribution in [0.2, 0.25) is 0 Å². The van der Waals surface area contributed by atoms with Crippen LogP contribution in [0.5, 0.6) is 0 Å². The van der Waals surface area contributed by atoms with Crippen molar-refractivity contribution >= 4 is 11.8 Å². The van der Waals surface area contributed by atoms with Crippen molar-refractivity contribution in [1.29, 1.82) is 0 Å². The van der Waals surface area contributed by atoms with E-state index in [2.05, 4.69) is 24.3 Å². The molecule has 30 heavy (non-hydrogen) atoms. The van der Waals surface area contributed by atoms with Crippen LogP contribution in [0.4, 0.5) is 0 Å². The Morgan fingerprint density at radius 3 is 1.83 bits per heavy atom. The Balaban J connectivity index is 1.54. The second kappa shape index (κ2) is 8.95. The molecule has 0 unspecified atom stereocenters. The van der Waals surface area contributed by atoms with Gasteiger partial charge < -0.3 is 10.6 Å². The summed E-state index contributed by atoms with van der Waals surface area (Å²) in [5.74, 6) is -0.252. The van der Waals surface area contributed by atoms with Crippen LogP contribution in [0.3, 0.4) is 0 Å². The van der Waals surface area contributed by atoms with Gasteiger partial charge in [-0.2, -0.15) is 0 Å². The first-order valence-corrected chi connectivity index (χ1v) is 10.4. The first-order chi connectivity index (χ1) is 14.6. The molecule has 2 N–H and O–H groups in total. The van der Waals surface area contributed by atoms with Crippen LogP contribution < -0.4 is 5.73 Å². The zero-order valence-electron chi connectivity index (χ0n) is 16.9. The third-order valence-electron chi connectivity index (χ3n) is 5.68. The van der Waals surface area contributed by atoms with Gasteiger partial charge in [0.15, 0.2) is 0 Å². The Hall–Kier alpha value is -3.40. The molecule has 4 nitrogen and oxygen atoms in total. The molecule has 0 bridgehead atoms. The summed E-state index contributed by atoms with van der Waals surface area (Å²) in [5, 5.41) is 0. The predicted octanol–water partition coefficient (Wildman–Crippen LogP) is 4.50. The number of carbonyl (C=O) groups excluding carboxylic acids is 2. The van der Waals surface area contributed by atoms with E-state index in [4.69, 9.17) is 5.73 Å². The fraction of sp³-hybridized carbons (Fsp3) is 0.231. The SMILES string of the molecule is NC(=O)c1ccc(CN(C(=O)CC(c2ccccc2)c2ccccc2)C2CC2)cc1. The van der Waals surface area contributed by atoms with Crippen molar-refractivity contribution < 1.29 is 9.59 Å². The summed E-state index contributed by atoms with van der Waals surface area (Å²) >= 11 is 0. The molecule has 3 aromatic rings. The van der Waals surface area contributed by atoms with E-state index in [1.165, 1.54) is 0 Å². The van der Waals surface area contributed by atoms with Gasteiger partial charge in [-0.3, -0.25) is 9.59 Å². The van der Waals surface area contributed by atoms with Gasteiger partial charge in [0.05, 0.1) is 0 Å². The fourth-order valence-electron chi connectivity index (χ4n) is 3.87. The van der Waals surface area contributed by atoms with Crippen LogP contribution in [0.25, 0.3) is 0 Å². The zero-order valence-corrected chi connectivity index (χ0v) is 16.9. The highest BCUT2D eigenvalue weighted by atomic mass is 16.2. The second-order valence-corrected chi connectivity index (χ2v) is 7.89. The standard InChI is InChI=1S/C26H26N2O2/c27-26(30)22-13-11-19(12-14-22)18-28(23-15-16-23)25(29)17-24(20-7-3-1-4-8-20)21-9-5-2-6-10-21/h1-14,23-24H,15-18H2,(H2,27,30). The largest absolute Gasteiger partial charge is 0.366 e. The van der Waals surface area contributed by atoms with Crippen molar-refractivity contribution in [2.24, 2.45) is 5.73 Å². The van der Waals surface area contributed by atoms with Crippen LogP contribution in [-0.2, 0) is 11.3 Å². The molecule has 0 spiro atoms. The van der Waals surface area contributed by atoms with E-state index in [0.29, 0.717) is 24.6 Å². The van der Waals surface area contributed by atoms with Gasteiger partial charge in [-0.05, 0) is 41.7 Å². The maximum Gasteiger partial charge on any atom is 0.248 e. The molecule has 0 atom stereocenters. The van der Waals surface area contributed by atoms with E-state index >= 15 is 0 Å². The van der Waals surface area contributed by atoms with Crippen LogP contribution in [0.15, 0.2) is 84.9 Å². The van der Waals surface area contributed by atoms with Gasteiger partial charge in [-0.1, -0.05) is 72.8 Å². The van der Waals surface area contributed by atoms with Crippen molar-refractivity contribution in [3.63, 3.8) is 0 Å². The number of primary amides is 1. The summed E-state index contributed by atoms with van der Waals surface area (Å²) in [7, 11) is 0. The van der Waals surface area contributed by atoms with Crippen LogP contribution in [0, 0.1) is 0 Å². The minimum absolute atomic E-state index is 0.0263. The average molecular weight is 399 g/mol. The molecule has 1 aliphatic carbocycles. The molecule has 1 saturated carbocycles. The number of amides is 2. The van der Waals surface area contributed by atoms with E-state index in [1.54, 1.807) is 12.1 Å². The maximum absolute atomic E-state index is 13.4. The van der Waals surface area contributed by atoms with Gasteiger partial charge in [0.2, 0.25) is 11.8 Å². The Kier molecular flexibility index (Phi) is 5.94. The topological polar surface area (TPSA) is 63.4 Å². The number of hydrogen-bond acceptors (Lipinski definition) is 2. The molecule has 0 radical (unpaired) electrons. The second-order valence-electron chi connectivity index (χ2n) is 7.89. The van der Waals surface area contributed by atoms with Crippen molar-refractivity contribution in [2.45, 2.75) is 37.8 Å². The van der Waals surface area contributed by atoms with Crippen molar-refractivity contribution in [1.82, 2.24) is 4.90 Å². The van der Waals surface area contributed by atoms with Gasteiger partial charge in [0.25, 0.3) is 0 Å². The number of carbonyl (C=O) groups is 2. The lowest BCUT2D eigenvalue weighted by Gasteiger charge is -2.26. The third kappa shape index (κ3) is 4.77. The summed E-state index contributed by atoms with van der Waals surface area (Å²) in [5.41, 5.74) is 9.13. The monoisotopic (exact) mass is 398 g/mol. The van der Waals surface area contributed by atoms with E-state index < -0.39 is 5.91 Å². The molecule has 152 valence electrons. The van der Waals surface area contributed by atoms with Gasteiger partial charge in [-0.15, -0.1) is 0 Å². The number of benzene rings is 3. The average Bonchev–Trinajstić information content (AvgIpc) is 3.62. The molecule has 4 rings (SSSR count). The molecule has 1 aliphatic rings. The summed E-state index contributed by atoms with van der Waals surface area (Å²) in [6.45, 7) is 0.554. The van der Waals surface area contributed by atoms with Crippen LogP contribution in [0.1, 0.15) is 52.2 Å². The van der Waals surface area contributed by atoms with Crippen LogP contribution >= 0.6 is 0 Å². The number of nitrogens with zero attached hydrogens (tertiary/aromatic N) is 1. The molecule has 3 aromatic carbocycles. The van der Waals surface area contributed by atoms with E-state index in [9.17, 15) is 9.59 Å². The van der Waals surface area contributed by atoms with E-state index in [0.717, 1.165) is 29.5 Å². The maximum atomic E-state index is 13.4. The Morgan fingerprint density at radius 2 is 1.37 bits per heavy atom. The fourth-order valence-corrected chi connectivity index (χ4v) is 3.87. The summed E-state index contributed by atoms with van der Waals surface area (Å²) in [4.78, 5) is 26.7. The molecule has 1 fully saturated rings. The van der Waals surface area contributed by atoms with Gasteiger partial charge in [-0.25, -0.2) is 0 Å². The molecular formula is C26H26N2O2. The molecule has 2 amide bonds. The third-order valence-corrected chi connectivity index (χ3v) is 5.68. The lowest BCUT2D eigenvalue weighted by molar-refractivity contribution is -0.132. The number of rotatable bonds is 8. The van der Waals surface area contributed by atoms with E-state index in [1.807, 2.05) is 53.4 Å². The smallest absolute Gasteiger partial charge is 0.248 e. The molecule has 0 heterocycles. The molecule has 0 saturated heterocycles. The highest BCUT2D eigenvalue weighted by Crippen LogP contribution is 2.33. The quantitative estimate of drug-likeness (QED) is 0.607. The first kappa shape index (κ1) is 19.9. The highest BCUT2D eigenvalue weighted by Gasteiger charge is 2.33. The van der Waals surface area contributed by atoms with Gasteiger partial charge in [0, 0.05) is 30.5 Å². The summed E-state index contributed by atoms with van der Waals surface area (Å²) in [6.07, 6.45) is 2.53. The predicted molar refractivity (Wildman–Crippen MR) is 118 cm³/mol. The molecule has 0 aliphatic heterocycles. The Bertz CT molecular complexity index is 957. The van der Waals surface area contributed by atoms with Crippen molar-refractivity contribution in [3.05, 3.63) is 107 Å². The lowest BCUT2D eigenvalue weighted by atomic mass is 9.88. The lowest BCUT2D eigenvalue weighted by Crippen LogP contribution is -2.33. The molecule has 0 aromatic heterocycles.